The van der Waals surface area contributed by atoms with Crippen molar-refractivity contribution in [3.63, 3.8) is 0 Å². The highest BCUT2D eigenvalue weighted by molar-refractivity contribution is 5.77. The van der Waals surface area contributed by atoms with Crippen LogP contribution in [0, 0.1) is 0 Å². The number of H-pyrrole nitrogens is 1. The first-order chi connectivity index (χ1) is 16.7. The van der Waals surface area contributed by atoms with Crippen molar-refractivity contribution >= 4 is 28.6 Å². The Morgan fingerprint density at radius 3 is 2.76 bits per heavy atom. The van der Waals surface area contributed by atoms with Crippen LogP contribution in [0.25, 0.3) is 22.5 Å². The Bertz CT molecular complexity index is 1460. The number of nitrogens with one attached hydrogen (secondary N) is 3. The number of aliphatic hydroxyl groups is 1. The summed E-state index contributed by atoms with van der Waals surface area (Å²) in [6, 6.07) is 12.4. The molecule has 0 aliphatic rings. The molecule has 1 atom stereocenters. The zero-order valence-electron chi connectivity index (χ0n) is 18.1. The lowest BCUT2D eigenvalue weighted by atomic mass is 10.1. The van der Waals surface area contributed by atoms with Crippen LogP contribution < -0.4 is 16.2 Å². The molecule has 0 radical (unpaired) electrons. The summed E-state index contributed by atoms with van der Waals surface area (Å²) in [6.07, 6.45) is 2.76. The van der Waals surface area contributed by atoms with Crippen molar-refractivity contribution in [2.45, 2.75) is 19.5 Å². The number of anilines is 3. The molecule has 0 fully saturated rings. The molecule has 0 saturated heterocycles. The van der Waals surface area contributed by atoms with Crippen molar-refractivity contribution in [3.05, 3.63) is 71.0 Å². The highest BCUT2D eigenvalue weighted by Crippen LogP contribution is 2.29. The van der Waals surface area contributed by atoms with E-state index in [4.69, 9.17) is 4.42 Å². The van der Waals surface area contributed by atoms with E-state index in [1.54, 1.807) is 23.0 Å². The third-order valence-electron chi connectivity index (χ3n) is 5.24. The number of hydrogen-bond donors (Lipinski definition) is 4. The van der Waals surface area contributed by atoms with Crippen LogP contribution in [0.2, 0.25) is 0 Å². The number of rotatable bonds is 8. The van der Waals surface area contributed by atoms with Gasteiger partial charge in [0.05, 0.1) is 23.6 Å². The Hall–Kier alpha value is -4.58. The number of aliphatic hydroxyl groups excluding tert-OH is 1. The predicted octanol–water partition coefficient (Wildman–Crippen LogP) is 2.47. The lowest BCUT2D eigenvalue weighted by Gasteiger charge is -2.19. The van der Waals surface area contributed by atoms with Crippen LogP contribution in [-0.2, 0) is 6.54 Å². The van der Waals surface area contributed by atoms with Gasteiger partial charge in [-0.2, -0.15) is 4.98 Å². The zero-order valence-corrected chi connectivity index (χ0v) is 18.1. The predicted molar refractivity (Wildman–Crippen MR) is 125 cm³/mol. The van der Waals surface area contributed by atoms with Gasteiger partial charge in [-0.15, -0.1) is 10.2 Å². The molecule has 0 aliphatic heterocycles. The zero-order chi connectivity index (χ0) is 23.5. The van der Waals surface area contributed by atoms with Crippen LogP contribution in [0.3, 0.4) is 0 Å². The van der Waals surface area contributed by atoms with Crippen molar-refractivity contribution < 1.29 is 9.52 Å². The molecule has 4 heterocycles. The second-order valence-corrected chi connectivity index (χ2v) is 7.37. The molecule has 12 heteroatoms. The fraction of sp³-hybridized carbons (Fsp3) is 0.182. The maximum absolute atomic E-state index is 12.1. The topological polar surface area (TPSA) is 160 Å². The van der Waals surface area contributed by atoms with E-state index in [1.165, 1.54) is 6.39 Å². The molecule has 34 heavy (non-hydrogen) atoms. The molecule has 0 unspecified atom stereocenters. The Labute approximate surface area is 192 Å². The normalized spacial score (nSPS) is 12.1. The number of benzene rings is 1. The molecule has 5 rings (SSSR count). The van der Waals surface area contributed by atoms with Gasteiger partial charge in [-0.05, 0) is 24.6 Å². The van der Waals surface area contributed by atoms with Crippen molar-refractivity contribution in [2.24, 2.45) is 0 Å². The molecular weight excluding hydrogens is 438 g/mol. The molecule has 12 nitrogen and oxygen atoms in total. The molecular formula is C22H21N9O3. The van der Waals surface area contributed by atoms with Gasteiger partial charge in [-0.25, -0.2) is 9.97 Å². The number of nitrogens with zero attached hydrogens (tertiary/aromatic N) is 6. The Kier molecular flexibility index (Phi) is 5.70. The van der Waals surface area contributed by atoms with E-state index < -0.39 is 6.04 Å². The maximum atomic E-state index is 12.1. The van der Waals surface area contributed by atoms with E-state index in [-0.39, 0.29) is 24.0 Å². The van der Waals surface area contributed by atoms with Crippen LogP contribution in [-0.4, -0.2) is 46.6 Å². The third-order valence-corrected chi connectivity index (χ3v) is 5.24. The summed E-state index contributed by atoms with van der Waals surface area (Å²) in [5.41, 5.74) is 1.69. The number of aryl methyl sites for hydroxylation is 1. The summed E-state index contributed by atoms with van der Waals surface area (Å²) >= 11 is 0. The smallest absolute Gasteiger partial charge is 0.273 e. The Balaban J connectivity index is 1.50. The lowest BCUT2D eigenvalue weighted by Crippen LogP contribution is -2.17. The quantitative estimate of drug-likeness (QED) is 0.271. The molecule has 172 valence electrons. The number of aromatic nitrogens is 7. The number of fused-ring (bicyclic) bond motifs is 1. The van der Waals surface area contributed by atoms with Gasteiger partial charge in [-0.3, -0.25) is 14.6 Å². The van der Waals surface area contributed by atoms with Gasteiger partial charge in [-0.1, -0.05) is 30.3 Å². The summed E-state index contributed by atoms with van der Waals surface area (Å²) in [5.74, 6) is 1.34. The molecule has 4 aromatic heterocycles. The number of pyridine rings is 1. The third kappa shape index (κ3) is 4.09. The monoisotopic (exact) mass is 459 g/mol. The summed E-state index contributed by atoms with van der Waals surface area (Å²) in [4.78, 5) is 25.5. The standard InChI is InChI=1S/C22H21N9O3/c1-2-31-19-14(20(33)30-31)8-9-17(26-19)27-22-23-10-15(21-29-24-12-34-21)18(28-22)25-16(11-32)13-6-4-3-5-7-13/h3-10,12,16,32H,2,11H2,1H3,(H,30,33)(H2,23,25,26,27,28)/t16-/m1/s1. The molecule has 5 aromatic rings. The number of aromatic amines is 1. The van der Waals surface area contributed by atoms with E-state index >= 15 is 0 Å². The van der Waals surface area contributed by atoms with Crippen LogP contribution in [0.5, 0.6) is 0 Å². The van der Waals surface area contributed by atoms with Crippen LogP contribution in [0.4, 0.5) is 17.6 Å². The van der Waals surface area contributed by atoms with Crippen molar-refractivity contribution in [1.29, 1.82) is 0 Å². The molecule has 1 aromatic carbocycles. The van der Waals surface area contributed by atoms with Crippen molar-refractivity contribution in [1.82, 2.24) is 34.9 Å². The molecule has 4 N–H and O–H groups in total. The highest BCUT2D eigenvalue weighted by Gasteiger charge is 2.19. The first-order valence-electron chi connectivity index (χ1n) is 10.6. The van der Waals surface area contributed by atoms with Crippen LogP contribution in [0.15, 0.2) is 64.3 Å². The van der Waals surface area contributed by atoms with Gasteiger partial charge >= 0.3 is 0 Å². The summed E-state index contributed by atoms with van der Waals surface area (Å²) < 4.78 is 7.01. The first kappa shape index (κ1) is 21.3. The average Bonchev–Trinajstić information content (AvgIpc) is 3.51. The maximum Gasteiger partial charge on any atom is 0.273 e. The summed E-state index contributed by atoms with van der Waals surface area (Å²) in [7, 11) is 0. The van der Waals surface area contributed by atoms with Gasteiger partial charge in [0, 0.05) is 12.7 Å². The van der Waals surface area contributed by atoms with E-state index in [9.17, 15) is 9.90 Å². The molecule has 0 saturated carbocycles. The van der Waals surface area contributed by atoms with E-state index in [1.807, 2.05) is 37.3 Å². The molecule has 0 amide bonds. The minimum Gasteiger partial charge on any atom is -0.423 e. The molecule has 0 bridgehead atoms. The number of hydrogen-bond acceptors (Lipinski definition) is 10. The molecule has 0 spiro atoms. The van der Waals surface area contributed by atoms with E-state index in [0.717, 1.165) is 5.56 Å². The highest BCUT2D eigenvalue weighted by atomic mass is 16.4. The summed E-state index contributed by atoms with van der Waals surface area (Å²) in [5, 5.41) is 27.2. The first-order valence-corrected chi connectivity index (χ1v) is 10.6. The average molecular weight is 459 g/mol. The summed E-state index contributed by atoms with van der Waals surface area (Å²) in [6.45, 7) is 2.32. The minimum absolute atomic E-state index is 0.166. The van der Waals surface area contributed by atoms with Crippen LogP contribution in [0.1, 0.15) is 18.5 Å². The Morgan fingerprint density at radius 2 is 2.03 bits per heavy atom. The van der Waals surface area contributed by atoms with Gasteiger partial charge in [0.25, 0.3) is 11.4 Å². The van der Waals surface area contributed by atoms with Crippen molar-refractivity contribution in [2.75, 3.05) is 17.2 Å². The fourth-order valence-electron chi connectivity index (χ4n) is 3.56. The molecule has 0 aliphatic carbocycles. The van der Waals surface area contributed by atoms with Crippen molar-refractivity contribution in [3.8, 4) is 11.5 Å². The fourth-order valence-corrected chi connectivity index (χ4v) is 3.56. The minimum atomic E-state index is -0.432. The van der Waals surface area contributed by atoms with Gasteiger partial charge < -0.3 is 20.2 Å². The van der Waals surface area contributed by atoms with Gasteiger partial charge in [0.1, 0.15) is 11.6 Å². The largest absolute Gasteiger partial charge is 0.423 e. The van der Waals surface area contributed by atoms with Gasteiger partial charge in [0.2, 0.25) is 12.3 Å². The second kappa shape index (κ2) is 9.11. The lowest BCUT2D eigenvalue weighted by molar-refractivity contribution is 0.276. The van der Waals surface area contributed by atoms with Crippen LogP contribution >= 0.6 is 0 Å². The SMILES string of the molecule is CCn1[nH]c(=O)c2ccc(Nc3ncc(-c4nnco4)c(N[C@H](CO)c4ccccc4)n3)nc21. The van der Waals surface area contributed by atoms with E-state index in [0.29, 0.717) is 34.8 Å². The van der Waals surface area contributed by atoms with E-state index in [2.05, 4.69) is 40.9 Å². The second-order valence-electron chi connectivity index (χ2n) is 7.37. The van der Waals surface area contributed by atoms with Gasteiger partial charge in [0.15, 0.2) is 5.65 Å². The Morgan fingerprint density at radius 1 is 1.18 bits per heavy atom.